The van der Waals surface area contributed by atoms with E-state index in [1.165, 1.54) is 0 Å². The molecule has 1 heteroatoms. The van der Waals surface area contributed by atoms with Crippen LogP contribution in [0.3, 0.4) is 0 Å². The first kappa shape index (κ1) is 9.59. The van der Waals surface area contributed by atoms with Gasteiger partial charge in [-0.25, -0.2) is 0 Å². The normalized spacial score (nSPS) is 12.7. The third-order valence-electron chi connectivity index (χ3n) is 1.70. The minimum Gasteiger partial charge on any atom is -0.490 e. The summed E-state index contributed by atoms with van der Waals surface area (Å²) < 4.78 is 5.43. The molecule has 0 aliphatic rings. The van der Waals surface area contributed by atoms with Gasteiger partial charge in [-0.1, -0.05) is 43.0 Å². The Labute approximate surface area is 79.4 Å². The van der Waals surface area contributed by atoms with Crippen molar-refractivity contribution in [2.45, 2.75) is 13.0 Å². The van der Waals surface area contributed by atoms with E-state index in [2.05, 4.69) is 6.58 Å². The third kappa shape index (κ3) is 2.79. The van der Waals surface area contributed by atoms with Crippen LogP contribution in [0.15, 0.2) is 55.3 Å². The van der Waals surface area contributed by atoms with Crippen molar-refractivity contribution in [3.8, 4) is 0 Å². The molecular formula is C12H14O. The highest BCUT2D eigenvalue weighted by atomic mass is 16.5. The number of hydrogen-bond donors (Lipinski definition) is 0. The number of allylic oxidation sites excluding steroid dienone is 1. The molecule has 1 aromatic carbocycles. The van der Waals surface area contributed by atoms with Crippen molar-refractivity contribution in [3.05, 3.63) is 60.9 Å². The van der Waals surface area contributed by atoms with Crippen molar-refractivity contribution in [2.24, 2.45) is 0 Å². The van der Waals surface area contributed by atoms with Gasteiger partial charge in [0.2, 0.25) is 0 Å². The maximum atomic E-state index is 5.43. The molecule has 0 aliphatic heterocycles. The van der Waals surface area contributed by atoms with E-state index in [1.807, 2.05) is 43.3 Å². The highest BCUT2D eigenvalue weighted by Crippen LogP contribution is 2.17. The highest BCUT2D eigenvalue weighted by molar-refractivity contribution is 5.20. The zero-order valence-corrected chi connectivity index (χ0v) is 7.81. The summed E-state index contributed by atoms with van der Waals surface area (Å²) in [6, 6.07) is 10.0. The van der Waals surface area contributed by atoms with Gasteiger partial charge in [0.25, 0.3) is 0 Å². The van der Waals surface area contributed by atoms with Gasteiger partial charge in [0, 0.05) is 0 Å². The van der Waals surface area contributed by atoms with Gasteiger partial charge in [0.05, 0.1) is 6.26 Å². The van der Waals surface area contributed by atoms with Crippen molar-refractivity contribution < 1.29 is 4.74 Å². The van der Waals surface area contributed by atoms with E-state index < -0.39 is 0 Å². The van der Waals surface area contributed by atoms with Crippen LogP contribution in [-0.4, -0.2) is 0 Å². The van der Waals surface area contributed by atoms with E-state index in [9.17, 15) is 0 Å². The van der Waals surface area contributed by atoms with E-state index in [1.54, 1.807) is 12.3 Å². The van der Waals surface area contributed by atoms with Gasteiger partial charge in [-0.05, 0) is 18.6 Å². The lowest BCUT2D eigenvalue weighted by molar-refractivity contribution is 0.190. The highest BCUT2D eigenvalue weighted by Gasteiger charge is 2.04. The molecular weight excluding hydrogens is 160 g/mol. The van der Waals surface area contributed by atoms with Crippen LogP contribution >= 0.6 is 0 Å². The topological polar surface area (TPSA) is 9.23 Å². The second-order valence-electron chi connectivity index (χ2n) is 2.67. The van der Waals surface area contributed by atoms with E-state index in [4.69, 9.17) is 4.74 Å². The molecule has 0 spiro atoms. The number of ether oxygens (including phenoxy) is 1. The second kappa shape index (κ2) is 5.20. The van der Waals surface area contributed by atoms with Crippen molar-refractivity contribution >= 4 is 0 Å². The smallest absolute Gasteiger partial charge is 0.141 e. The largest absolute Gasteiger partial charge is 0.490 e. The molecule has 0 saturated heterocycles. The summed E-state index contributed by atoms with van der Waals surface area (Å²) >= 11 is 0. The maximum Gasteiger partial charge on any atom is 0.141 e. The van der Waals surface area contributed by atoms with Crippen LogP contribution in [0.1, 0.15) is 18.6 Å². The molecule has 0 amide bonds. The molecule has 13 heavy (non-hydrogen) atoms. The monoisotopic (exact) mass is 174 g/mol. The van der Waals surface area contributed by atoms with Crippen molar-refractivity contribution in [1.29, 1.82) is 0 Å². The Balaban J connectivity index is 2.72. The molecule has 0 N–H and O–H groups in total. The summed E-state index contributed by atoms with van der Waals surface area (Å²) in [6.07, 6.45) is 5.28. The fourth-order valence-electron chi connectivity index (χ4n) is 1.08. The summed E-state index contributed by atoms with van der Waals surface area (Å²) in [6.45, 7) is 5.65. The molecule has 0 heterocycles. The first-order valence-corrected chi connectivity index (χ1v) is 4.32. The maximum absolute atomic E-state index is 5.43. The van der Waals surface area contributed by atoms with Crippen LogP contribution in [0.4, 0.5) is 0 Å². The molecule has 0 radical (unpaired) electrons. The Bertz CT molecular complexity index is 274. The van der Waals surface area contributed by atoms with Gasteiger partial charge < -0.3 is 4.74 Å². The Morgan fingerprint density at radius 3 is 2.54 bits per heavy atom. The number of benzene rings is 1. The summed E-state index contributed by atoms with van der Waals surface area (Å²) in [5.41, 5.74) is 1.12. The van der Waals surface area contributed by atoms with Crippen molar-refractivity contribution in [2.75, 3.05) is 0 Å². The zero-order chi connectivity index (χ0) is 9.52. The second-order valence-corrected chi connectivity index (χ2v) is 2.67. The lowest BCUT2D eigenvalue weighted by Gasteiger charge is -2.11. The Kier molecular flexibility index (Phi) is 3.83. The Morgan fingerprint density at radius 1 is 1.31 bits per heavy atom. The molecule has 0 saturated carbocycles. The predicted octanol–water partition coefficient (Wildman–Crippen LogP) is 3.46. The van der Waals surface area contributed by atoms with Crippen LogP contribution < -0.4 is 0 Å². The third-order valence-corrected chi connectivity index (χ3v) is 1.70. The van der Waals surface area contributed by atoms with Crippen LogP contribution in [0.5, 0.6) is 0 Å². The average molecular weight is 174 g/mol. The first-order valence-electron chi connectivity index (χ1n) is 4.32. The van der Waals surface area contributed by atoms with E-state index >= 15 is 0 Å². The summed E-state index contributed by atoms with van der Waals surface area (Å²) in [5.74, 6) is 0. The minimum absolute atomic E-state index is 0.0441. The van der Waals surface area contributed by atoms with Gasteiger partial charge in [0.15, 0.2) is 0 Å². The summed E-state index contributed by atoms with van der Waals surface area (Å²) in [4.78, 5) is 0. The van der Waals surface area contributed by atoms with E-state index in [-0.39, 0.29) is 6.10 Å². The van der Waals surface area contributed by atoms with Crippen LogP contribution in [0.25, 0.3) is 0 Å². The predicted molar refractivity (Wildman–Crippen MR) is 55.3 cm³/mol. The van der Waals surface area contributed by atoms with Crippen LogP contribution in [0, 0.1) is 0 Å². The lowest BCUT2D eigenvalue weighted by atomic mass is 10.1. The van der Waals surface area contributed by atoms with Crippen LogP contribution in [0.2, 0.25) is 0 Å². The SMILES string of the molecule is C=CC(OC=CC)c1ccccc1. The molecule has 1 unspecified atom stereocenters. The Hall–Kier alpha value is -1.50. The molecule has 0 fully saturated rings. The molecule has 0 bridgehead atoms. The molecule has 0 aliphatic carbocycles. The molecule has 68 valence electrons. The van der Waals surface area contributed by atoms with Crippen LogP contribution in [-0.2, 0) is 4.74 Å². The molecule has 1 atom stereocenters. The standard InChI is InChI=1S/C12H14O/c1-3-10-13-12(4-2)11-8-6-5-7-9-11/h3-10,12H,2H2,1H3. The molecule has 1 nitrogen and oxygen atoms in total. The quantitative estimate of drug-likeness (QED) is 0.501. The van der Waals surface area contributed by atoms with Gasteiger partial charge in [-0.15, -0.1) is 0 Å². The van der Waals surface area contributed by atoms with Crippen molar-refractivity contribution in [1.82, 2.24) is 0 Å². The average Bonchev–Trinajstić information content (AvgIpc) is 2.21. The first-order chi connectivity index (χ1) is 6.38. The molecule has 0 aromatic heterocycles. The van der Waals surface area contributed by atoms with E-state index in [0.717, 1.165) is 5.56 Å². The number of hydrogen-bond acceptors (Lipinski definition) is 1. The zero-order valence-electron chi connectivity index (χ0n) is 7.81. The molecule has 1 rings (SSSR count). The summed E-state index contributed by atoms with van der Waals surface area (Å²) in [7, 11) is 0. The Morgan fingerprint density at radius 2 is 2.00 bits per heavy atom. The van der Waals surface area contributed by atoms with Gasteiger partial charge in [0.1, 0.15) is 6.10 Å². The fraction of sp³-hybridized carbons (Fsp3) is 0.167. The lowest BCUT2D eigenvalue weighted by Crippen LogP contribution is -1.95. The van der Waals surface area contributed by atoms with Crippen molar-refractivity contribution in [3.63, 3.8) is 0 Å². The van der Waals surface area contributed by atoms with Gasteiger partial charge in [-0.3, -0.25) is 0 Å². The molecule has 1 aromatic rings. The summed E-state index contributed by atoms with van der Waals surface area (Å²) in [5, 5.41) is 0. The minimum atomic E-state index is -0.0441. The fourth-order valence-corrected chi connectivity index (χ4v) is 1.08. The number of rotatable bonds is 4. The van der Waals surface area contributed by atoms with E-state index in [0.29, 0.717) is 0 Å². The van der Waals surface area contributed by atoms with Gasteiger partial charge >= 0.3 is 0 Å². The van der Waals surface area contributed by atoms with Gasteiger partial charge in [-0.2, -0.15) is 0 Å².